The lowest BCUT2D eigenvalue weighted by Gasteiger charge is -2.16. The van der Waals surface area contributed by atoms with E-state index in [0.717, 1.165) is 5.56 Å². The van der Waals surface area contributed by atoms with Gasteiger partial charge in [0.15, 0.2) is 0 Å². The van der Waals surface area contributed by atoms with Crippen LogP contribution in [0, 0.1) is 11.6 Å². The number of anilines is 1. The Morgan fingerprint density at radius 1 is 1.10 bits per heavy atom. The van der Waals surface area contributed by atoms with Gasteiger partial charge < -0.3 is 10.3 Å². The average molecular weight is 273 g/mol. The average Bonchev–Trinajstić information content (AvgIpc) is 2.73. The molecule has 1 heterocycles. The summed E-state index contributed by atoms with van der Waals surface area (Å²) in [6, 6.07) is 10.3. The van der Waals surface area contributed by atoms with Gasteiger partial charge in [0.1, 0.15) is 11.6 Å². The normalized spacial score (nSPS) is 12.8. The third kappa shape index (κ3) is 2.01. The molecule has 3 nitrogen and oxygen atoms in total. The SMILES string of the molecule is CC(c1cccc(F)c1)n1c(N)nc2ccc(F)cc21. The van der Waals surface area contributed by atoms with Gasteiger partial charge in [-0.05, 0) is 42.8 Å². The Kier molecular flexibility index (Phi) is 2.89. The van der Waals surface area contributed by atoms with E-state index in [1.807, 2.05) is 6.92 Å². The van der Waals surface area contributed by atoms with Crippen LogP contribution in [0.2, 0.25) is 0 Å². The Bertz CT molecular complexity index is 780. The van der Waals surface area contributed by atoms with Gasteiger partial charge in [-0.1, -0.05) is 12.1 Å². The summed E-state index contributed by atoms with van der Waals surface area (Å²) in [5.41, 5.74) is 7.88. The van der Waals surface area contributed by atoms with Crippen LogP contribution in [-0.4, -0.2) is 9.55 Å². The number of halogens is 2. The van der Waals surface area contributed by atoms with Crippen LogP contribution in [0.1, 0.15) is 18.5 Å². The van der Waals surface area contributed by atoms with E-state index in [1.165, 1.54) is 24.3 Å². The van der Waals surface area contributed by atoms with Crippen molar-refractivity contribution in [1.29, 1.82) is 0 Å². The number of imidazole rings is 1. The predicted molar refractivity (Wildman–Crippen MR) is 74.3 cm³/mol. The second kappa shape index (κ2) is 4.59. The van der Waals surface area contributed by atoms with Gasteiger partial charge in [0.05, 0.1) is 17.1 Å². The van der Waals surface area contributed by atoms with Crippen molar-refractivity contribution in [2.75, 3.05) is 5.73 Å². The van der Waals surface area contributed by atoms with E-state index in [9.17, 15) is 8.78 Å². The lowest BCUT2D eigenvalue weighted by atomic mass is 10.1. The first-order chi connectivity index (χ1) is 9.56. The van der Waals surface area contributed by atoms with Crippen molar-refractivity contribution in [1.82, 2.24) is 9.55 Å². The number of benzene rings is 2. The highest BCUT2D eigenvalue weighted by molar-refractivity contribution is 5.78. The Morgan fingerprint density at radius 2 is 1.85 bits per heavy atom. The third-order valence-electron chi connectivity index (χ3n) is 3.40. The lowest BCUT2D eigenvalue weighted by Crippen LogP contribution is -2.10. The summed E-state index contributed by atoms with van der Waals surface area (Å²) in [7, 11) is 0. The molecule has 2 aromatic carbocycles. The Labute approximate surface area is 114 Å². The van der Waals surface area contributed by atoms with Crippen LogP contribution in [0.25, 0.3) is 11.0 Å². The van der Waals surface area contributed by atoms with Crippen LogP contribution < -0.4 is 5.73 Å². The van der Waals surface area contributed by atoms with Crippen molar-refractivity contribution in [3.63, 3.8) is 0 Å². The number of hydrogen-bond donors (Lipinski definition) is 1. The first kappa shape index (κ1) is 12.6. The van der Waals surface area contributed by atoms with Crippen molar-refractivity contribution in [3.8, 4) is 0 Å². The van der Waals surface area contributed by atoms with Crippen molar-refractivity contribution >= 4 is 17.0 Å². The van der Waals surface area contributed by atoms with Crippen LogP contribution >= 0.6 is 0 Å². The molecule has 3 aromatic rings. The van der Waals surface area contributed by atoms with Gasteiger partial charge in [0.2, 0.25) is 5.95 Å². The molecule has 20 heavy (non-hydrogen) atoms. The van der Waals surface area contributed by atoms with Crippen molar-refractivity contribution in [2.45, 2.75) is 13.0 Å². The molecule has 5 heteroatoms. The highest BCUT2D eigenvalue weighted by Crippen LogP contribution is 2.27. The fourth-order valence-electron chi connectivity index (χ4n) is 2.41. The van der Waals surface area contributed by atoms with E-state index in [4.69, 9.17) is 5.73 Å². The number of fused-ring (bicyclic) bond motifs is 1. The quantitative estimate of drug-likeness (QED) is 0.776. The number of rotatable bonds is 2. The number of nitrogen functional groups attached to an aromatic ring is 1. The van der Waals surface area contributed by atoms with E-state index < -0.39 is 0 Å². The van der Waals surface area contributed by atoms with E-state index in [1.54, 1.807) is 22.8 Å². The Hall–Kier alpha value is -2.43. The van der Waals surface area contributed by atoms with E-state index >= 15 is 0 Å². The Morgan fingerprint density at radius 3 is 2.60 bits per heavy atom. The van der Waals surface area contributed by atoms with Crippen LogP contribution in [-0.2, 0) is 0 Å². The number of nitrogens with two attached hydrogens (primary N) is 1. The van der Waals surface area contributed by atoms with E-state index in [0.29, 0.717) is 11.0 Å². The molecular formula is C15H13F2N3. The molecule has 0 amide bonds. The van der Waals surface area contributed by atoms with Crippen LogP contribution in [0.15, 0.2) is 42.5 Å². The lowest BCUT2D eigenvalue weighted by molar-refractivity contribution is 0.609. The molecule has 0 radical (unpaired) electrons. The second-order valence-electron chi connectivity index (χ2n) is 4.70. The molecule has 0 spiro atoms. The summed E-state index contributed by atoms with van der Waals surface area (Å²) >= 11 is 0. The first-order valence-electron chi connectivity index (χ1n) is 6.24. The minimum atomic E-state index is -0.356. The molecule has 102 valence electrons. The maximum Gasteiger partial charge on any atom is 0.201 e. The van der Waals surface area contributed by atoms with Crippen molar-refractivity contribution in [3.05, 3.63) is 59.7 Å². The standard InChI is InChI=1S/C15H13F2N3/c1-9(10-3-2-4-11(16)7-10)20-14-8-12(17)5-6-13(14)19-15(20)18/h2-9H,1H3,(H2,18,19). The predicted octanol–water partition coefficient (Wildman–Crippen LogP) is 3.51. The Balaban J connectivity index is 2.18. The maximum atomic E-state index is 13.4. The zero-order valence-electron chi connectivity index (χ0n) is 10.8. The summed E-state index contributed by atoms with van der Waals surface area (Å²) < 4.78 is 28.4. The van der Waals surface area contributed by atoms with Gasteiger partial charge >= 0.3 is 0 Å². The van der Waals surface area contributed by atoms with Gasteiger partial charge in [-0.3, -0.25) is 0 Å². The highest BCUT2D eigenvalue weighted by atomic mass is 19.1. The summed E-state index contributed by atoms with van der Waals surface area (Å²) in [6.07, 6.45) is 0. The molecule has 0 fully saturated rings. The fraction of sp³-hybridized carbons (Fsp3) is 0.133. The van der Waals surface area contributed by atoms with E-state index in [-0.39, 0.29) is 23.6 Å². The van der Waals surface area contributed by atoms with Crippen molar-refractivity contribution in [2.24, 2.45) is 0 Å². The molecule has 1 unspecified atom stereocenters. The second-order valence-corrected chi connectivity index (χ2v) is 4.70. The molecular weight excluding hydrogens is 260 g/mol. The monoisotopic (exact) mass is 273 g/mol. The topological polar surface area (TPSA) is 43.8 Å². The molecule has 0 saturated heterocycles. The highest BCUT2D eigenvalue weighted by Gasteiger charge is 2.16. The molecule has 0 aliphatic heterocycles. The minimum absolute atomic E-state index is 0.238. The van der Waals surface area contributed by atoms with Gasteiger partial charge in [-0.2, -0.15) is 0 Å². The van der Waals surface area contributed by atoms with Gasteiger partial charge in [0.25, 0.3) is 0 Å². The first-order valence-corrected chi connectivity index (χ1v) is 6.24. The maximum absolute atomic E-state index is 13.4. The molecule has 1 aromatic heterocycles. The molecule has 0 aliphatic carbocycles. The number of aromatic nitrogens is 2. The summed E-state index contributed by atoms with van der Waals surface area (Å²) in [4.78, 5) is 4.20. The molecule has 1 atom stereocenters. The zero-order valence-corrected chi connectivity index (χ0v) is 10.8. The minimum Gasteiger partial charge on any atom is -0.369 e. The van der Waals surface area contributed by atoms with Gasteiger partial charge in [-0.25, -0.2) is 13.8 Å². The number of hydrogen-bond acceptors (Lipinski definition) is 2. The number of nitrogens with zero attached hydrogens (tertiary/aromatic N) is 2. The van der Waals surface area contributed by atoms with Crippen LogP contribution in [0.5, 0.6) is 0 Å². The summed E-state index contributed by atoms with van der Waals surface area (Å²) in [6.45, 7) is 1.87. The molecule has 0 bridgehead atoms. The largest absolute Gasteiger partial charge is 0.369 e. The molecule has 2 N–H and O–H groups in total. The van der Waals surface area contributed by atoms with Crippen LogP contribution in [0.3, 0.4) is 0 Å². The molecule has 0 saturated carbocycles. The van der Waals surface area contributed by atoms with Crippen LogP contribution in [0.4, 0.5) is 14.7 Å². The fourth-order valence-corrected chi connectivity index (χ4v) is 2.41. The van der Waals surface area contributed by atoms with Crippen molar-refractivity contribution < 1.29 is 8.78 Å². The zero-order chi connectivity index (χ0) is 14.3. The summed E-state index contributed by atoms with van der Waals surface area (Å²) in [5.74, 6) is -0.393. The van der Waals surface area contributed by atoms with E-state index in [2.05, 4.69) is 4.98 Å². The third-order valence-corrected chi connectivity index (χ3v) is 3.40. The molecule has 3 rings (SSSR count). The smallest absolute Gasteiger partial charge is 0.201 e. The molecule has 0 aliphatic rings. The summed E-state index contributed by atoms with van der Waals surface area (Å²) in [5, 5.41) is 0. The van der Waals surface area contributed by atoms with Gasteiger partial charge in [0, 0.05) is 0 Å². The van der Waals surface area contributed by atoms with Gasteiger partial charge in [-0.15, -0.1) is 0 Å².